The molecule has 3 aliphatic rings. The number of esters is 2. The number of fused-ring (bicyclic) bond motifs is 1. The number of rotatable bonds is 2. The van der Waals surface area contributed by atoms with Crippen molar-refractivity contribution in [1.82, 2.24) is 0 Å². The van der Waals surface area contributed by atoms with Crippen molar-refractivity contribution in [3.63, 3.8) is 0 Å². The van der Waals surface area contributed by atoms with E-state index in [-0.39, 0.29) is 25.1 Å². The molecule has 3 atom stereocenters. The molecule has 2 fully saturated rings. The molecule has 0 amide bonds. The van der Waals surface area contributed by atoms with Gasteiger partial charge >= 0.3 is 11.9 Å². The molecule has 0 N–H and O–H groups in total. The Balaban J connectivity index is 2.00. The van der Waals surface area contributed by atoms with Gasteiger partial charge in [0.05, 0.1) is 19.6 Å². The van der Waals surface area contributed by atoms with Gasteiger partial charge in [0.2, 0.25) is 0 Å². The maximum atomic E-state index is 11.9. The quantitative estimate of drug-likeness (QED) is 0.495. The summed E-state index contributed by atoms with van der Waals surface area (Å²) in [6.45, 7) is 0.204. The number of carbonyl (C=O) groups is 2. The molecule has 3 rings (SSSR count). The minimum atomic E-state index is -0.862. The van der Waals surface area contributed by atoms with E-state index in [0.29, 0.717) is 6.42 Å². The van der Waals surface area contributed by atoms with Gasteiger partial charge in [0.15, 0.2) is 0 Å². The summed E-state index contributed by atoms with van der Waals surface area (Å²) in [6, 6.07) is 0. The summed E-state index contributed by atoms with van der Waals surface area (Å²) in [6.07, 6.45) is 4.25. The van der Waals surface area contributed by atoms with Crippen LogP contribution in [0.2, 0.25) is 0 Å². The predicted molar refractivity (Wildman–Crippen MR) is 51.4 cm³/mol. The van der Waals surface area contributed by atoms with Crippen LogP contribution in [-0.2, 0) is 23.8 Å². The number of carbonyl (C=O) groups excluding carboxylic acids is 2. The van der Waals surface area contributed by atoms with Crippen LogP contribution in [0.25, 0.3) is 0 Å². The molecule has 3 heterocycles. The SMILES string of the molecule is COC(=O)C[C@@]12C[C@@H]3C=C[C@@]1(COC2=O)O3. The van der Waals surface area contributed by atoms with Gasteiger partial charge in [-0.3, -0.25) is 9.59 Å². The lowest BCUT2D eigenvalue weighted by Gasteiger charge is -2.30. The summed E-state index contributed by atoms with van der Waals surface area (Å²) in [5.74, 6) is -0.743. The van der Waals surface area contributed by atoms with Gasteiger partial charge in [0.1, 0.15) is 17.6 Å². The molecule has 0 saturated carbocycles. The standard InChI is InChI=1S/C11H12O5/c1-14-8(12)5-10-4-7-2-3-11(10,16-7)6-15-9(10)13/h2-3,7H,4-6H2,1H3/t7-,10+,11-/m0/s1. The molecule has 0 aromatic rings. The van der Waals surface area contributed by atoms with Crippen molar-refractivity contribution in [3.05, 3.63) is 12.2 Å². The van der Waals surface area contributed by atoms with Gasteiger partial charge in [-0.15, -0.1) is 0 Å². The zero-order valence-electron chi connectivity index (χ0n) is 8.89. The van der Waals surface area contributed by atoms with Gasteiger partial charge in [0.25, 0.3) is 0 Å². The maximum absolute atomic E-state index is 11.9. The summed E-state index contributed by atoms with van der Waals surface area (Å²) < 4.78 is 15.4. The monoisotopic (exact) mass is 224 g/mol. The van der Waals surface area contributed by atoms with Gasteiger partial charge in [0, 0.05) is 0 Å². The molecule has 0 aromatic carbocycles. The Hall–Kier alpha value is -1.36. The molecule has 2 bridgehead atoms. The Morgan fingerprint density at radius 3 is 3.19 bits per heavy atom. The lowest BCUT2D eigenvalue weighted by molar-refractivity contribution is -0.154. The molecule has 1 spiro atoms. The lowest BCUT2D eigenvalue weighted by Crippen LogP contribution is -2.45. The van der Waals surface area contributed by atoms with Gasteiger partial charge in [-0.1, -0.05) is 6.08 Å². The van der Waals surface area contributed by atoms with Gasteiger partial charge in [-0.05, 0) is 12.5 Å². The molecule has 16 heavy (non-hydrogen) atoms. The highest BCUT2D eigenvalue weighted by atomic mass is 16.6. The first-order valence-electron chi connectivity index (χ1n) is 5.23. The Kier molecular flexibility index (Phi) is 1.75. The summed E-state index contributed by atoms with van der Waals surface area (Å²) >= 11 is 0. The highest BCUT2D eigenvalue weighted by molar-refractivity contribution is 5.88. The van der Waals surface area contributed by atoms with Gasteiger partial charge in [-0.25, -0.2) is 0 Å². The first-order chi connectivity index (χ1) is 7.62. The second-order valence-corrected chi connectivity index (χ2v) is 4.52. The Morgan fingerprint density at radius 1 is 1.69 bits per heavy atom. The third-order valence-electron chi connectivity index (χ3n) is 3.78. The van der Waals surface area contributed by atoms with E-state index >= 15 is 0 Å². The Bertz CT molecular complexity index is 401. The van der Waals surface area contributed by atoms with Crippen LogP contribution in [0.4, 0.5) is 0 Å². The lowest BCUT2D eigenvalue weighted by atomic mass is 9.68. The fourth-order valence-corrected chi connectivity index (χ4v) is 2.91. The minimum absolute atomic E-state index is 0.0309. The van der Waals surface area contributed by atoms with Crippen LogP contribution in [0.15, 0.2) is 12.2 Å². The zero-order valence-corrected chi connectivity index (χ0v) is 8.89. The summed E-state index contributed by atoms with van der Waals surface area (Å²) in [5, 5.41) is 0. The second-order valence-electron chi connectivity index (χ2n) is 4.52. The normalized spacial score (nSPS) is 43.3. The van der Waals surface area contributed by atoms with Crippen molar-refractivity contribution in [3.8, 4) is 0 Å². The van der Waals surface area contributed by atoms with E-state index in [1.807, 2.05) is 12.2 Å². The van der Waals surface area contributed by atoms with Crippen LogP contribution < -0.4 is 0 Å². The summed E-state index contributed by atoms with van der Waals surface area (Å²) in [7, 11) is 1.32. The first kappa shape index (κ1) is 9.84. The third-order valence-corrected chi connectivity index (χ3v) is 3.78. The topological polar surface area (TPSA) is 61.8 Å². The largest absolute Gasteiger partial charge is 0.469 e. The minimum Gasteiger partial charge on any atom is -0.469 e. The van der Waals surface area contributed by atoms with Crippen LogP contribution in [0.3, 0.4) is 0 Å². The van der Waals surface area contributed by atoms with Crippen LogP contribution in [-0.4, -0.2) is 37.4 Å². The van der Waals surface area contributed by atoms with Crippen molar-refractivity contribution in [2.24, 2.45) is 5.41 Å². The molecular weight excluding hydrogens is 212 g/mol. The van der Waals surface area contributed by atoms with Crippen LogP contribution >= 0.6 is 0 Å². The highest BCUT2D eigenvalue weighted by Gasteiger charge is 2.70. The molecule has 5 heteroatoms. The van der Waals surface area contributed by atoms with Crippen molar-refractivity contribution in [1.29, 1.82) is 0 Å². The van der Waals surface area contributed by atoms with Crippen molar-refractivity contribution in [2.75, 3.05) is 13.7 Å². The molecular formula is C11H12O5. The fraction of sp³-hybridized carbons (Fsp3) is 0.636. The highest BCUT2D eigenvalue weighted by Crippen LogP contribution is 2.58. The zero-order chi connectivity index (χ0) is 11.4. The van der Waals surface area contributed by atoms with E-state index in [1.165, 1.54) is 7.11 Å². The number of hydrogen-bond donors (Lipinski definition) is 0. The summed E-state index contributed by atoms with van der Waals surface area (Å²) in [5.41, 5.74) is -1.59. The van der Waals surface area contributed by atoms with E-state index in [2.05, 4.69) is 4.74 Å². The van der Waals surface area contributed by atoms with E-state index in [9.17, 15) is 9.59 Å². The maximum Gasteiger partial charge on any atom is 0.316 e. The molecule has 3 aliphatic heterocycles. The predicted octanol–water partition coefficient (Wildman–Crippen LogP) is 0.190. The Morgan fingerprint density at radius 2 is 2.50 bits per heavy atom. The van der Waals surface area contributed by atoms with Crippen molar-refractivity contribution in [2.45, 2.75) is 24.5 Å². The molecule has 0 unspecified atom stereocenters. The fourth-order valence-electron chi connectivity index (χ4n) is 2.91. The van der Waals surface area contributed by atoms with Crippen LogP contribution in [0, 0.1) is 5.41 Å². The average Bonchev–Trinajstić information content (AvgIpc) is 2.88. The second kappa shape index (κ2) is 2.85. The third kappa shape index (κ3) is 0.942. The van der Waals surface area contributed by atoms with E-state index in [4.69, 9.17) is 9.47 Å². The average molecular weight is 224 g/mol. The van der Waals surface area contributed by atoms with Crippen LogP contribution in [0.5, 0.6) is 0 Å². The van der Waals surface area contributed by atoms with Crippen molar-refractivity contribution < 1.29 is 23.8 Å². The molecule has 0 aliphatic carbocycles. The molecule has 5 nitrogen and oxygen atoms in total. The van der Waals surface area contributed by atoms with E-state index in [1.54, 1.807) is 0 Å². The molecule has 0 radical (unpaired) electrons. The van der Waals surface area contributed by atoms with E-state index in [0.717, 1.165) is 0 Å². The Labute approximate surface area is 92.3 Å². The summed E-state index contributed by atoms with van der Waals surface area (Å²) in [4.78, 5) is 23.3. The first-order valence-corrected chi connectivity index (χ1v) is 5.23. The van der Waals surface area contributed by atoms with Crippen molar-refractivity contribution >= 4 is 11.9 Å². The number of cyclic esters (lactones) is 1. The smallest absolute Gasteiger partial charge is 0.316 e. The number of ether oxygens (including phenoxy) is 3. The van der Waals surface area contributed by atoms with Gasteiger partial charge < -0.3 is 14.2 Å². The molecule has 86 valence electrons. The van der Waals surface area contributed by atoms with Crippen LogP contribution in [0.1, 0.15) is 12.8 Å². The van der Waals surface area contributed by atoms with Gasteiger partial charge in [-0.2, -0.15) is 0 Å². The number of hydrogen-bond acceptors (Lipinski definition) is 5. The molecule has 2 saturated heterocycles. The van der Waals surface area contributed by atoms with E-state index < -0.39 is 17.0 Å². The number of methoxy groups -OCH3 is 1. The molecule has 0 aromatic heterocycles.